The van der Waals surface area contributed by atoms with E-state index in [2.05, 4.69) is 37.9 Å². The average Bonchev–Trinajstić information content (AvgIpc) is 2.23. The lowest BCUT2D eigenvalue weighted by Gasteiger charge is -2.10. The molecule has 0 fully saturated rings. The summed E-state index contributed by atoms with van der Waals surface area (Å²) in [5.74, 6) is 0.565. The van der Waals surface area contributed by atoms with Gasteiger partial charge in [0.05, 0.1) is 0 Å². The summed E-state index contributed by atoms with van der Waals surface area (Å²) in [6.45, 7) is 6.38. The molecule has 82 valence electrons. The molecule has 1 aromatic heterocycles. The minimum Gasteiger partial charge on any atom is -0.384 e. The first-order valence-electron chi connectivity index (χ1n) is 5.37. The number of benzene rings is 1. The number of rotatable bonds is 1. The second-order valence-electron chi connectivity index (χ2n) is 4.22. The van der Waals surface area contributed by atoms with Crippen LogP contribution in [0.3, 0.4) is 0 Å². The van der Waals surface area contributed by atoms with Crippen molar-refractivity contribution >= 4 is 5.82 Å². The lowest BCUT2D eigenvalue weighted by Crippen LogP contribution is -1.92. The number of aromatic nitrogens is 1. The molecule has 2 rings (SSSR count). The predicted octanol–water partition coefficient (Wildman–Crippen LogP) is 3.26. The van der Waals surface area contributed by atoms with E-state index < -0.39 is 0 Å². The Bertz CT molecular complexity index is 530. The molecule has 2 N–H and O–H groups in total. The van der Waals surface area contributed by atoms with Gasteiger partial charge in [0.1, 0.15) is 5.82 Å². The maximum absolute atomic E-state index is 5.70. The fourth-order valence-electron chi connectivity index (χ4n) is 1.89. The topological polar surface area (TPSA) is 38.9 Å². The van der Waals surface area contributed by atoms with Crippen LogP contribution in [0.1, 0.15) is 16.7 Å². The fourth-order valence-corrected chi connectivity index (χ4v) is 1.89. The van der Waals surface area contributed by atoms with Crippen molar-refractivity contribution in [3.8, 4) is 11.1 Å². The zero-order valence-electron chi connectivity index (χ0n) is 9.91. The highest BCUT2D eigenvalue weighted by Crippen LogP contribution is 2.26. The van der Waals surface area contributed by atoms with Gasteiger partial charge in [-0.2, -0.15) is 0 Å². The fraction of sp³-hybridized carbons (Fsp3) is 0.214. The van der Waals surface area contributed by atoms with Crippen molar-refractivity contribution in [3.05, 3.63) is 47.2 Å². The number of nitrogens with zero attached hydrogens (tertiary/aromatic N) is 1. The number of hydrogen-bond acceptors (Lipinski definition) is 2. The third-order valence-corrected chi connectivity index (χ3v) is 2.93. The Hall–Kier alpha value is -1.83. The molecule has 0 radical (unpaired) electrons. The van der Waals surface area contributed by atoms with Gasteiger partial charge >= 0.3 is 0 Å². The number of nitrogen functional groups attached to an aromatic ring is 1. The molecule has 2 nitrogen and oxygen atoms in total. The van der Waals surface area contributed by atoms with Gasteiger partial charge in [-0.1, -0.05) is 12.1 Å². The largest absolute Gasteiger partial charge is 0.384 e. The Morgan fingerprint density at radius 3 is 2.31 bits per heavy atom. The maximum atomic E-state index is 5.70. The quantitative estimate of drug-likeness (QED) is 0.788. The number of nitrogens with two attached hydrogens (primary N) is 1. The van der Waals surface area contributed by atoms with Crippen molar-refractivity contribution < 1.29 is 0 Å². The van der Waals surface area contributed by atoms with Crippen LogP contribution in [0.15, 0.2) is 30.5 Å². The molecule has 0 amide bonds. The Kier molecular flexibility index (Phi) is 2.65. The molecule has 1 heterocycles. The number of hydrogen-bond donors (Lipinski definition) is 1. The maximum Gasteiger partial charge on any atom is 0.123 e. The van der Waals surface area contributed by atoms with Crippen molar-refractivity contribution in [2.75, 3.05) is 5.73 Å². The summed E-state index contributed by atoms with van der Waals surface area (Å²) in [7, 11) is 0. The lowest BCUT2D eigenvalue weighted by molar-refractivity contribution is 1.29. The highest BCUT2D eigenvalue weighted by molar-refractivity contribution is 5.70. The third kappa shape index (κ3) is 1.91. The van der Waals surface area contributed by atoms with E-state index >= 15 is 0 Å². The monoisotopic (exact) mass is 212 g/mol. The molecular formula is C14H16N2. The highest BCUT2D eigenvalue weighted by atomic mass is 14.8. The lowest BCUT2D eigenvalue weighted by atomic mass is 9.96. The molecule has 1 aromatic carbocycles. The number of pyridine rings is 1. The van der Waals surface area contributed by atoms with E-state index in [-0.39, 0.29) is 0 Å². The summed E-state index contributed by atoms with van der Waals surface area (Å²) >= 11 is 0. The molecule has 0 aliphatic heterocycles. The van der Waals surface area contributed by atoms with Gasteiger partial charge in [0.15, 0.2) is 0 Å². The summed E-state index contributed by atoms with van der Waals surface area (Å²) in [6, 6.07) is 8.32. The first-order chi connectivity index (χ1) is 7.58. The molecule has 0 saturated carbocycles. The first-order valence-corrected chi connectivity index (χ1v) is 5.37. The van der Waals surface area contributed by atoms with Gasteiger partial charge in [-0.25, -0.2) is 4.98 Å². The van der Waals surface area contributed by atoms with Gasteiger partial charge in [0.2, 0.25) is 0 Å². The van der Waals surface area contributed by atoms with Crippen molar-refractivity contribution in [1.29, 1.82) is 0 Å². The van der Waals surface area contributed by atoms with Crippen LogP contribution in [0.2, 0.25) is 0 Å². The second-order valence-corrected chi connectivity index (χ2v) is 4.22. The highest BCUT2D eigenvalue weighted by Gasteiger charge is 2.04. The molecular weight excluding hydrogens is 196 g/mol. The van der Waals surface area contributed by atoms with Crippen LogP contribution in [-0.4, -0.2) is 4.98 Å². The molecule has 2 aromatic rings. The van der Waals surface area contributed by atoms with Crippen LogP contribution >= 0.6 is 0 Å². The summed E-state index contributed by atoms with van der Waals surface area (Å²) in [5.41, 5.74) is 12.0. The predicted molar refractivity (Wildman–Crippen MR) is 68.3 cm³/mol. The van der Waals surface area contributed by atoms with Crippen LogP contribution in [-0.2, 0) is 0 Å². The zero-order chi connectivity index (χ0) is 11.7. The summed E-state index contributed by atoms with van der Waals surface area (Å²) in [6.07, 6.45) is 1.75. The van der Waals surface area contributed by atoms with E-state index in [9.17, 15) is 0 Å². The Labute approximate surface area is 96.1 Å². The van der Waals surface area contributed by atoms with Gasteiger partial charge in [0, 0.05) is 6.20 Å². The van der Waals surface area contributed by atoms with Crippen molar-refractivity contribution in [2.45, 2.75) is 20.8 Å². The van der Waals surface area contributed by atoms with Crippen LogP contribution < -0.4 is 5.73 Å². The van der Waals surface area contributed by atoms with E-state index in [1.807, 2.05) is 12.1 Å². The van der Waals surface area contributed by atoms with Crippen LogP contribution in [0.5, 0.6) is 0 Å². The third-order valence-electron chi connectivity index (χ3n) is 2.93. The standard InChI is InChI=1S/C14H16N2/c1-9-6-11(3)13(7-10(9)2)12-4-5-16-14(15)8-12/h4-8H,1-3H3,(H2,15,16). The van der Waals surface area contributed by atoms with Gasteiger partial charge < -0.3 is 5.73 Å². The van der Waals surface area contributed by atoms with Crippen LogP contribution in [0, 0.1) is 20.8 Å². The van der Waals surface area contributed by atoms with Crippen molar-refractivity contribution in [2.24, 2.45) is 0 Å². The van der Waals surface area contributed by atoms with Crippen LogP contribution in [0.25, 0.3) is 11.1 Å². The normalized spacial score (nSPS) is 10.4. The smallest absolute Gasteiger partial charge is 0.123 e. The van der Waals surface area contributed by atoms with Gasteiger partial charge in [-0.15, -0.1) is 0 Å². The second kappa shape index (κ2) is 3.97. The zero-order valence-corrected chi connectivity index (χ0v) is 9.91. The molecule has 0 saturated heterocycles. The van der Waals surface area contributed by atoms with Gasteiger partial charge in [-0.3, -0.25) is 0 Å². The van der Waals surface area contributed by atoms with Gasteiger partial charge in [-0.05, 0) is 60.7 Å². The van der Waals surface area contributed by atoms with Crippen molar-refractivity contribution in [3.63, 3.8) is 0 Å². The minimum atomic E-state index is 0.565. The van der Waals surface area contributed by atoms with Gasteiger partial charge in [0.25, 0.3) is 0 Å². The Morgan fingerprint density at radius 2 is 1.62 bits per heavy atom. The van der Waals surface area contributed by atoms with E-state index in [4.69, 9.17) is 5.73 Å². The molecule has 0 aliphatic rings. The molecule has 2 heteroatoms. The average molecular weight is 212 g/mol. The molecule has 0 atom stereocenters. The molecule has 0 aliphatic carbocycles. The number of anilines is 1. The number of aryl methyl sites for hydroxylation is 3. The van der Waals surface area contributed by atoms with Crippen LogP contribution in [0.4, 0.5) is 5.82 Å². The molecule has 0 unspecified atom stereocenters. The molecule has 0 spiro atoms. The van der Waals surface area contributed by atoms with E-state index in [0.717, 1.165) is 5.56 Å². The summed E-state index contributed by atoms with van der Waals surface area (Å²) in [4.78, 5) is 4.01. The molecule has 0 bridgehead atoms. The van der Waals surface area contributed by atoms with E-state index in [0.29, 0.717) is 5.82 Å². The summed E-state index contributed by atoms with van der Waals surface area (Å²) < 4.78 is 0. The Morgan fingerprint density at radius 1 is 0.938 bits per heavy atom. The summed E-state index contributed by atoms with van der Waals surface area (Å²) in [5, 5.41) is 0. The SMILES string of the molecule is Cc1cc(C)c(-c2ccnc(N)c2)cc1C. The molecule has 16 heavy (non-hydrogen) atoms. The van der Waals surface area contributed by atoms with Crippen molar-refractivity contribution in [1.82, 2.24) is 4.98 Å². The van der Waals surface area contributed by atoms with E-state index in [1.165, 1.54) is 22.3 Å². The van der Waals surface area contributed by atoms with E-state index in [1.54, 1.807) is 6.20 Å². The first kappa shape index (κ1) is 10.7. The minimum absolute atomic E-state index is 0.565. The Balaban J connectivity index is 2.60.